The molecule has 0 heterocycles. The molecule has 0 radical (unpaired) electrons. The van der Waals surface area contributed by atoms with Gasteiger partial charge in [0.1, 0.15) is 0 Å². The molecule has 0 spiro atoms. The van der Waals surface area contributed by atoms with Gasteiger partial charge in [-0.3, -0.25) is 4.79 Å². The van der Waals surface area contributed by atoms with Gasteiger partial charge in [0.25, 0.3) is 0 Å². The second-order valence-corrected chi connectivity index (χ2v) is 5.88. The second-order valence-electron chi connectivity index (χ2n) is 5.88. The van der Waals surface area contributed by atoms with Gasteiger partial charge >= 0.3 is 0 Å². The molecule has 2 fully saturated rings. The third-order valence-corrected chi connectivity index (χ3v) is 4.60. The summed E-state index contributed by atoms with van der Waals surface area (Å²) in [5.41, 5.74) is 6.07. The summed E-state index contributed by atoms with van der Waals surface area (Å²) in [5.74, 6) is 0.859. The number of carbonyl (C=O) groups excluding carboxylic acids is 1. The molecule has 1 atom stereocenters. The van der Waals surface area contributed by atoms with E-state index in [9.17, 15) is 4.79 Å². The molecule has 2 saturated carbocycles. The highest BCUT2D eigenvalue weighted by atomic mass is 16.2. The fraction of sp³-hybridized carbons (Fsp3) is 0.929. The molecule has 2 aliphatic rings. The second kappa shape index (κ2) is 5.85. The van der Waals surface area contributed by atoms with Crippen molar-refractivity contribution in [3.05, 3.63) is 0 Å². The Hall–Kier alpha value is -0.570. The quantitative estimate of drug-likeness (QED) is 0.817. The Morgan fingerprint density at radius 2 is 1.82 bits per heavy atom. The molecule has 1 unspecified atom stereocenters. The van der Waals surface area contributed by atoms with Crippen LogP contribution in [0.15, 0.2) is 0 Å². The zero-order chi connectivity index (χ0) is 12.3. The predicted molar refractivity (Wildman–Crippen MR) is 69.6 cm³/mol. The highest BCUT2D eigenvalue weighted by Crippen LogP contribution is 2.28. The van der Waals surface area contributed by atoms with Gasteiger partial charge < -0.3 is 10.6 Å². The highest BCUT2D eigenvalue weighted by Gasteiger charge is 2.29. The van der Waals surface area contributed by atoms with Gasteiger partial charge in [-0.1, -0.05) is 32.1 Å². The Labute approximate surface area is 105 Å². The summed E-state index contributed by atoms with van der Waals surface area (Å²) < 4.78 is 0. The number of likely N-dealkylation sites (N-methyl/N-ethyl adjacent to an activating group) is 1. The van der Waals surface area contributed by atoms with Crippen molar-refractivity contribution in [1.82, 2.24) is 4.90 Å². The van der Waals surface area contributed by atoms with Crippen LogP contribution in [-0.4, -0.2) is 29.9 Å². The Balaban J connectivity index is 1.77. The van der Waals surface area contributed by atoms with Gasteiger partial charge in [-0.25, -0.2) is 0 Å². The normalized spacial score (nSPS) is 24.1. The monoisotopic (exact) mass is 238 g/mol. The minimum Gasteiger partial charge on any atom is -0.341 e. The number of nitrogens with zero attached hydrogens (tertiary/aromatic N) is 1. The lowest BCUT2D eigenvalue weighted by atomic mass is 9.84. The molecule has 3 nitrogen and oxygen atoms in total. The third kappa shape index (κ3) is 3.21. The molecule has 0 aliphatic heterocycles. The van der Waals surface area contributed by atoms with Crippen LogP contribution < -0.4 is 5.73 Å². The fourth-order valence-corrected chi connectivity index (χ4v) is 3.10. The van der Waals surface area contributed by atoms with E-state index in [2.05, 4.69) is 0 Å². The Bertz CT molecular complexity index is 257. The summed E-state index contributed by atoms with van der Waals surface area (Å²) in [4.78, 5) is 14.1. The maximum Gasteiger partial charge on any atom is 0.239 e. The summed E-state index contributed by atoms with van der Waals surface area (Å²) >= 11 is 0. The van der Waals surface area contributed by atoms with Crippen molar-refractivity contribution in [3.8, 4) is 0 Å². The molecule has 2 N–H and O–H groups in total. The average molecular weight is 238 g/mol. The SMILES string of the molecule is CN(C(=O)C(N)CC1CCCCC1)C1CCC1. The first-order chi connectivity index (χ1) is 8.18. The van der Waals surface area contributed by atoms with E-state index < -0.39 is 0 Å². The van der Waals surface area contributed by atoms with Gasteiger partial charge in [-0.2, -0.15) is 0 Å². The van der Waals surface area contributed by atoms with Crippen molar-refractivity contribution in [2.24, 2.45) is 11.7 Å². The van der Waals surface area contributed by atoms with Crippen molar-refractivity contribution in [2.75, 3.05) is 7.05 Å². The van der Waals surface area contributed by atoms with Crippen LogP contribution in [-0.2, 0) is 4.79 Å². The van der Waals surface area contributed by atoms with Crippen LogP contribution in [0.5, 0.6) is 0 Å². The summed E-state index contributed by atoms with van der Waals surface area (Å²) in [5, 5.41) is 0. The van der Waals surface area contributed by atoms with E-state index in [4.69, 9.17) is 5.73 Å². The Morgan fingerprint density at radius 3 is 2.35 bits per heavy atom. The molecule has 2 aliphatic carbocycles. The van der Waals surface area contributed by atoms with Gasteiger partial charge in [0.15, 0.2) is 0 Å². The minimum atomic E-state index is -0.260. The molecular formula is C14H26N2O. The molecule has 2 rings (SSSR count). The van der Waals surface area contributed by atoms with Crippen molar-refractivity contribution >= 4 is 5.91 Å². The van der Waals surface area contributed by atoms with Crippen molar-refractivity contribution in [3.63, 3.8) is 0 Å². The molecule has 0 aromatic carbocycles. The summed E-state index contributed by atoms with van der Waals surface area (Å²) in [6, 6.07) is 0.212. The van der Waals surface area contributed by atoms with Crippen LogP contribution in [0.25, 0.3) is 0 Å². The van der Waals surface area contributed by atoms with Crippen LogP contribution in [0.1, 0.15) is 57.8 Å². The zero-order valence-electron chi connectivity index (χ0n) is 11.0. The molecule has 17 heavy (non-hydrogen) atoms. The van der Waals surface area contributed by atoms with Crippen LogP contribution in [0, 0.1) is 5.92 Å². The topological polar surface area (TPSA) is 46.3 Å². The molecule has 0 saturated heterocycles. The lowest BCUT2D eigenvalue weighted by molar-refractivity contribution is -0.135. The number of hydrogen-bond acceptors (Lipinski definition) is 2. The molecular weight excluding hydrogens is 212 g/mol. The minimum absolute atomic E-state index is 0.167. The van der Waals surface area contributed by atoms with Crippen molar-refractivity contribution < 1.29 is 4.79 Å². The Kier molecular flexibility index (Phi) is 4.43. The smallest absolute Gasteiger partial charge is 0.239 e. The molecule has 1 amide bonds. The number of carbonyl (C=O) groups is 1. The van der Waals surface area contributed by atoms with Gasteiger partial charge in [-0.05, 0) is 31.6 Å². The lowest BCUT2D eigenvalue weighted by Gasteiger charge is -2.36. The fourth-order valence-electron chi connectivity index (χ4n) is 3.10. The van der Waals surface area contributed by atoms with Crippen LogP contribution >= 0.6 is 0 Å². The largest absolute Gasteiger partial charge is 0.341 e. The first-order valence-electron chi connectivity index (χ1n) is 7.20. The van der Waals surface area contributed by atoms with Gasteiger partial charge in [0.05, 0.1) is 6.04 Å². The summed E-state index contributed by atoms with van der Waals surface area (Å²) in [6.07, 6.45) is 11.0. The van der Waals surface area contributed by atoms with Crippen LogP contribution in [0.4, 0.5) is 0 Å². The number of nitrogens with two attached hydrogens (primary N) is 1. The molecule has 0 bridgehead atoms. The Morgan fingerprint density at radius 1 is 1.18 bits per heavy atom. The standard InChI is InChI=1S/C14H26N2O/c1-16(12-8-5-9-12)14(17)13(15)10-11-6-3-2-4-7-11/h11-13H,2-10,15H2,1H3. The molecule has 0 aromatic rings. The van der Waals surface area contributed by atoms with E-state index >= 15 is 0 Å². The lowest BCUT2D eigenvalue weighted by Crippen LogP contribution is -2.49. The van der Waals surface area contributed by atoms with Gasteiger partial charge in [0, 0.05) is 13.1 Å². The van der Waals surface area contributed by atoms with E-state index in [1.54, 1.807) is 0 Å². The van der Waals surface area contributed by atoms with E-state index in [1.165, 1.54) is 51.4 Å². The molecule has 0 aromatic heterocycles. The first kappa shape index (κ1) is 12.9. The average Bonchev–Trinajstić information content (AvgIpc) is 2.27. The maximum atomic E-state index is 12.2. The molecule has 3 heteroatoms. The zero-order valence-corrected chi connectivity index (χ0v) is 11.0. The van der Waals surface area contributed by atoms with Crippen LogP contribution in [0.2, 0.25) is 0 Å². The maximum absolute atomic E-state index is 12.2. The predicted octanol–water partition coefficient (Wildman–Crippen LogP) is 2.29. The third-order valence-electron chi connectivity index (χ3n) is 4.60. The van der Waals surface area contributed by atoms with Crippen molar-refractivity contribution in [1.29, 1.82) is 0 Å². The first-order valence-corrected chi connectivity index (χ1v) is 7.20. The van der Waals surface area contributed by atoms with E-state index in [0.29, 0.717) is 12.0 Å². The number of amides is 1. The summed E-state index contributed by atoms with van der Waals surface area (Å²) in [7, 11) is 1.92. The van der Waals surface area contributed by atoms with E-state index in [1.807, 2.05) is 11.9 Å². The van der Waals surface area contributed by atoms with Gasteiger partial charge in [-0.15, -0.1) is 0 Å². The molecule has 98 valence electrons. The van der Waals surface area contributed by atoms with Gasteiger partial charge in [0.2, 0.25) is 5.91 Å². The summed E-state index contributed by atoms with van der Waals surface area (Å²) in [6.45, 7) is 0. The van der Waals surface area contributed by atoms with Crippen molar-refractivity contribution in [2.45, 2.75) is 69.9 Å². The van der Waals surface area contributed by atoms with Crippen LogP contribution in [0.3, 0.4) is 0 Å². The number of hydrogen-bond donors (Lipinski definition) is 1. The highest BCUT2D eigenvalue weighted by molar-refractivity contribution is 5.81. The van der Waals surface area contributed by atoms with E-state index in [-0.39, 0.29) is 11.9 Å². The van der Waals surface area contributed by atoms with E-state index in [0.717, 1.165) is 6.42 Å². The number of rotatable bonds is 4.